The van der Waals surface area contributed by atoms with E-state index in [2.05, 4.69) is 4.98 Å². The Kier molecular flexibility index (Phi) is 7.79. The van der Waals surface area contributed by atoms with E-state index in [4.69, 9.17) is 9.90 Å². The zero-order valence-corrected chi connectivity index (χ0v) is 17.9. The topological polar surface area (TPSA) is 104 Å². The lowest BCUT2D eigenvalue weighted by molar-refractivity contribution is -0.193. The molecular formula is C21H18F7N3O4. The Bertz CT molecular complexity index is 1200. The van der Waals surface area contributed by atoms with Gasteiger partial charge in [0, 0.05) is 11.8 Å². The van der Waals surface area contributed by atoms with Gasteiger partial charge in [0.1, 0.15) is 5.82 Å². The van der Waals surface area contributed by atoms with Gasteiger partial charge in [0.15, 0.2) is 6.04 Å². The number of fused-ring (bicyclic) bond motifs is 1. The molecule has 1 amide bonds. The number of aromatic nitrogens is 2. The highest BCUT2D eigenvalue weighted by atomic mass is 19.4. The lowest BCUT2D eigenvalue weighted by atomic mass is 9.98. The van der Waals surface area contributed by atoms with E-state index >= 15 is 0 Å². The molecule has 35 heavy (non-hydrogen) atoms. The first kappa shape index (κ1) is 27.6. The van der Waals surface area contributed by atoms with Crippen LogP contribution in [0.5, 0.6) is 0 Å². The number of alkyl halides is 6. The SMILES string of the molecule is CC(C)(O)C(NC(=O)c1nc(-c2cccc(F)c2)c2ccccn12)C(F)(F)F.O=C(O)C(F)(F)F. The molecule has 2 heterocycles. The van der Waals surface area contributed by atoms with Crippen molar-refractivity contribution in [3.05, 3.63) is 60.3 Å². The number of aliphatic carboxylic acids is 1. The van der Waals surface area contributed by atoms with Crippen LogP contribution in [0.1, 0.15) is 24.5 Å². The van der Waals surface area contributed by atoms with Crippen LogP contribution in [0.2, 0.25) is 0 Å². The van der Waals surface area contributed by atoms with Crippen molar-refractivity contribution in [2.24, 2.45) is 0 Å². The van der Waals surface area contributed by atoms with E-state index in [1.54, 1.807) is 24.3 Å². The Labute approximate surface area is 192 Å². The number of carbonyl (C=O) groups excluding carboxylic acids is 1. The zero-order valence-electron chi connectivity index (χ0n) is 17.9. The monoisotopic (exact) mass is 509 g/mol. The Balaban J connectivity index is 0.000000540. The largest absolute Gasteiger partial charge is 0.490 e. The van der Waals surface area contributed by atoms with Gasteiger partial charge in [-0.15, -0.1) is 0 Å². The van der Waals surface area contributed by atoms with E-state index < -0.39 is 41.7 Å². The first-order valence-corrected chi connectivity index (χ1v) is 9.56. The standard InChI is InChI=1S/C19H17F4N3O2.C2HF3O2/c1-18(2,28)17(19(21,22)23)25-16(27)15-24-14(11-6-5-7-12(20)10-11)13-8-3-4-9-26(13)15;3-2(4,5)1(6)7/h3-10,17,28H,1-2H3,(H,25,27);(H,6,7). The Morgan fingerprint density at radius 1 is 1.03 bits per heavy atom. The van der Waals surface area contributed by atoms with Gasteiger partial charge in [0.2, 0.25) is 5.82 Å². The van der Waals surface area contributed by atoms with E-state index in [9.17, 15) is 40.6 Å². The summed E-state index contributed by atoms with van der Waals surface area (Å²) in [5, 5.41) is 18.8. The number of pyridine rings is 1. The molecular weight excluding hydrogens is 491 g/mol. The molecule has 1 aromatic carbocycles. The van der Waals surface area contributed by atoms with Crippen LogP contribution in [-0.2, 0) is 4.79 Å². The Morgan fingerprint density at radius 2 is 1.63 bits per heavy atom. The number of benzene rings is 1. The molecule has 2 aromatic heterocycles. The van der Waals surface area contributed by atoms with E-state index in [1.165, 1.54) is 28.8 Å². The number of rotatable bonds is 4. The van der Waals surface area contributed by atoms with Crippen molar-refractivity contribution in [2.75, 3.05) is 0 Å². The van der Waals surface area contributed by atoms with Crippen molar-refractivity contribution in [3.8, 4) is 11.3 Å². The average Bonchev–Trinajstić information content (AvgIpc) is 3.10. The number of imidazole rings is 1. The molecule has 3 rings (SSSR count). The molecule has 0 radical (unpaired) electrons. The molecule has 7 nitrogen and oxygen atoms in total. The molecule has 0 saturated carbocycles. The third-order valence-corrected chi connectivity index (χ3v) is 4.40. The minimum absolute atomic E-state index is 0.247. The molecule has 0 fully saturated rings. The third-order valence-electron chi connectivity index (χ3n) is 4.40. The molecule has 1 unspecified atom stereocenters. The van der Waals surface area contributed by atoms with Gasteiger partial charge in [0.05, 0.1) is 16.8 Å². The minimum atomic E-state index is -5.08. The van der Waals surface area contributed by atoms with Crippen LogP contribution < -0.4 is 5.32 Å². The summed E-state index contributed by atoms with van der Waals surface area (Å²) < 4.78 is 86.5. The highest BCUT2D eigenvalue weighted by Crippen LogP contribution is 2.29. The fourth-order valence-corrected chi connectivity index (χ4v) is 2.90. The predicted octanol–water partition coefficient (Wildman–Crippen LogP) is 4.21. The summed E-state index contributed by atoms with van der Waals surface area (Å²) in [6.45, 7) is 1.90. The number of nitrogens with one attached hydrogen (secondary N) is 1. The van der Waals surface area contributed by atoms with Crippen LogP contribution in [-0.4, -0.2) is 55.5 Å². The number of carboxylic acid groups (broad SMARTS) is 1. The van der Waals surface area contributed by atoms with Gasteiger partial charge in [-0.05, 0) is 38.1 Å². The highest BCUT2D eigenvalue weighted by Gasteiger charge is 2.49. The number of aliphatic hydroxyl groups is 1. The number of nitrogens with zero attached hydrogens (tertiary/aromatic N) is 2. The summed E-state index contributed by atoms with van der Waals surface area (Å²) in [7, 11) is 0. The van der Waals surface area contributed by atoms with Gasteiger partial charge in [-0.2, -0.15) is 26.3 Å². The summed E-state index contributed by atoms with van der Waals surface area (Å²) >= 11 is 0. The quantitative estimate of drug-likeness (QED) is 0.458. The highest BCUT2D eigenvalue weighted by molar-refractivity contribution is 5.94. The Morgan fingerprint density at radius 3 is 2.11 bits per heavy atom. The maximum atomic E-state index is 13.6. The second-order valence-corrected chi connectivity index (χ2v) is 7.65. The van der Waals surface area contributed by atoms with Crippen molar-refractivity contribution in [3.63, 3.8) is 0 Å². The van der Waals surface area contributed by atoms with Gasteiger partial charge < -0.3 is 15.5 Å². The molecule has 3 N–H and O–H groups in total. The van der Waals surface area contributed by atoms with Crippen LogP contribution in [0.3, 0.4) is 0 Å². The lowest BCUT2D eigenvalue weighted by Gasteiger charge is -2.31. The number of carboxylic acids is 1. The average molecular weight is 509 g/mol. The van der Waals surface area contributed by atoms with Crippen LogP contribution in [0, 0.1) is 5.82 Å². The van der Waals surface area contributed by atoms with Crippen LogP contribution >= 0.6 is 0 Å². The molecule has 14 heteroatoms. The fraction of sp³-hybridized carbons (Fsp3) is 0.286. The minimum Gasteiger partial charge on any atom is -0.475 e. The smallest absolute Gasteiger partial charge is 0.475 e. The number of amides is 1. The molecule has 0 bridgehead atoms. The van der Waals surface area contributed by atoms with Crippen molar-refractivity contribution in [1.29, 1.82) is 0 Å². The van der Waals surface area contributed by atoms with Crippen LogP contribution in [0.25, 0.3) is 16.8 Å². The first-order chi connectivity index (χ1) is 15.9. The van der Waals surface area contributed by atoms with Crippen LogP contribution in [0.4, 0.5) is 30.7 Å². The van der Waals surface area contributed by atoms with E-state index in [0.717, 1.165) is 13.8 Å². The molecule has 3 aromatic rings. The second-order valence-electron chi connectivity index (χ2n) is 7.65. The molecule has 1 atom stereocenters. The summed E-state index contributed by atoms with van der Waals surface area (Å²) in [5.41, 5.74) is -1.20. The van der Waals surface area contributed by atoms with E-state index in [-0.39, 0.29) is 11.5 Å². The number of carbonyl (C=O) groups is 2. The summed E-state index contributed by atoms with van der Waals surface area (Å²) in [6, 6.07) is 7.86. The first-order valence-electron chi connectivity index (χ1n) is 9.56. The molecule has 0 aliphatic carbocycles. The third kappa shape index (κ3) is 6.91. The zero-order chi connectivity index (χ0) is 26.8. The molecule has 0 aliphatic heterocycles. The van der Waals surface area contributed by atoms with Crippen LogP contribution in [0.15, 0.2) is 48.7 Å². The maximum absolute atomic E-state index is 13.6. The van der Waals surface area contributed by atoms with Crippen molar-refractivity contribution >= 4 is 17.4 Å². The normalized spacial score (nSPS) is 13.1. The van der Waals surface area contributed by atoms with E-state index in [1.807, 2.05) is 5.32 Å². The summed E-state index contributed by atoms with van der Waals surface area (Å²) in [5.74, 6) is -4.70. The maximum Gasteiger partial charge on any atom is 0.490 e. The van der Waals surface area contributed by atoms with Gasteiger partial charge in [0.25, 0.3) is 5.91 Å². The molecule has 0 aliphatic rings. The number of halogens is 7. The number of hydrogen-bond acceptors (Lipinski definition) is 4. The van der Waals surface area contributed by atoms with Gasteiger partial charge in [-0.25, -0.2) is 14.2 Å². The lowest BCUT2D eigenvalue weighted by Crippen LogP contribution is -2.57. The second kappa shape index (κ2) is 9.90. The fourth-order valence-electron chi connectivity index (χ4n) is 2.90. The molecule has 0 spiro atoms. The van der Waals surface area contributed by atoms with Crippen molar-refractivity contribution < 1.29 is 50.5 Å². The van der Waals surface area contributed by atoms with E-state index in [0.29, 0.717) is 11.1 Å². The summed E-state index contributed by atoms with van der Waals surface area (Å²) in [4.78, 5) is 25.6. The molecule has 190 valence electrons. The van der Waals surface area contributed by atoms with Gasteiger partial charge >= 0.3 is 18.3 Å². The van der Waals surface area contributed by atoms with Gasteiger partial charge in [-0.3, -0.25) is 9.20 Å². The molecule has 0 saturated heterocycles. The number of hydrogen-bond donors (Lipinski definition) is 3. The van der Waals surface area contributed by atoms with Gasteiger partial charge in [-0.1, -0.05) is 18.2 Å². The Hall–Kier alpha value is -3.68. The predicted molar refractivity (Wildman–Crippen MR) is 108 cm³/mol. The van der Waals surface area contributed by atoms with Crippen molar-refractivity contribution in [2.45, 2.75) is 37.8 Å². The van der Waals surface area contributed by atoms with Crippen molar-refractivity contribution in [1.82, 2.24) is 14.7 Å². The summed E-state index contributed by atoms with van der Waals surface area (Å²) in [6.07, 6.45) is -8.49.